The van der Waals surface area contributed by atoms with Gasteiger partial charge in [-0.3, -0.25) is 4.68 Å². The van der Waals surface area contributed by atoms with Gasteiger partial charge in [0.25, 0.3) is 0 Å². The molecule has 3 nitrogen and oxygen atoms in total. The van der Waals surface area contributed by atoms with Gasteiger partial charge in [0.1, 0.15) is 5.82 Å². The first-order valence-corrected chi connectivity index (χ1v) is 3.92. The molecular formula is C9H13N3. The molecule has 3 heteroatoms. The van der Waals surface area contributed by atoms with Gasteiger partial charge in [0.2, 0.25) is 0 Å². The van der Waals surface area contributed by atoms with Gasteiger partial charge in [0.15, 0.2) is 0 Å². The van der Waals surface area contributed by atoms with Crippen LogP contribution in [0.3, 0.4) is 0 Å². The van der Waals surface area contributed by atoms with E-state index in [0.29, 0.717) is 0 Å². The summed E-state index contributed by atoms with van der Waals surface area (Å²) in [5.41, 5.74) is 1.14. The number of anilines is 1. The monoisotopic (exact) mass is 163 g/mol. The van der Waals surface area contributed by atoms with Crippen molar-refractivity contribution >= 4 is 5.82 Å². The minimum atomic E-state index is 0.732. The van der Waals surface area contributed by atoms with E-state index in [1.54, 1.807) is 0 Å². The van der Waals surface area contributed by atoms with Crippen LogP contribution in [0, 0.1) is 19.3 Å². The predicted molar refractivity (Wildman–Crippen MR) is 49.9 cm³/mol. The number of nitrogens with one attached hydrogen (secondary N) is 1. The summed E-state index contributed by atoms with van der Waals surface area (Å²) in [4.78, 5) is 0. The summed E-state index contributed by atoms with van der Waals surface area (Å²) in [6.07, 6.45) is 5.84. The molecule has 1 N–H and O–H groups in total. The third kappa shape index (κ3) is 2.03. The maximum Gasteiger partial charge on any atom is 0.148 e. The first-order valence-electron chi connectivity index (χ1n) is 3.92. The van der Waals surface area contributed by atoms with Crippen molar-refractivity contribution in [1.29, 1.82) is 0 Å². The highest BCUT2D eigenvalue weighted by Gasteiger charge is 1.97. The first-order chi connectivity index (χ1) is 5.74. The van der Waals surface area contributed by atoms with Gasteiger partial charge < -0.3 is 5.32 Å². The third-order valence-corrected chi connectivity index (χ3v) is 1.69. The van der Waals surface area contributed by atoms with Crippen molar-refractivity contribution < 1.29 is 0 Å². The van der Waals surface area contributed by atoms with E-state index in [9.17, 15) is 0 Å². The molecule has 1 aromatic rings. The van der Waals surface area contributed by atoms with Gasteiger partial charge in [0, 0.05) is 31.8 Å². The molecule has 0 saturated carbocycles. The average Bonchev–Trinajstić information content (AvgIpc) is 2.32. The summed E-state index contributed by atoms with van der Waals surface area (Å²) in [5, 5.41) is 7.35. The zero-order valence-electron chi connectivity index (χ0n) is 7.46. The zero-order chi connectivity index (χ0) is 8.97. The van der Waals surface area contributed by atoms with E-state index in [4.69, 9.17) is 6.42 Å². The molecule has 0 bridgehead atoms. The average molecular weight is 163 g/mol. The van der Waals surface area contributed by atoms with Gasteiger partial charge in [-0.2, -0.15) is 5.10 Å². The second-order valence-corrected chi connectivity index (χ2v) is 2.68. The normalized spacial score (nSPS) is 9.42. The van der Waals surface area contributed by atoms with Crippen LogP contribution in [0.25, 0.3) is 0 Å². The van der Waals surface area contributed by atoms with E-state index in [1.165, 1.54) is 0 Å². The lowest BCUT2D eigenvalue weighted by molar-refractivity contribution is 0.741. The fourth-order valence-corrected chi connectivity index (χ4v) is 0.910. The van der Waals surface area contributed by atoms with Crippen molar-refractivity contribution in [3.63, 3.8) is 0 Å². The van der Waals surface area contributed by atoms with Crippen LogP contribution in [0.4, 0.5) is 5.82 Å². The van der Waals surface area contributed by atoms with Crippen molar-refractivity contribution in [2.75, 3.05) is 11.9 Å². The van der Waals surface area contributed by atoms with Crippen LogP contribution in [0.2, 0.25) is 0 Å². The van der Waals surface area contributed by atoms with Gasteiger partial charge in [0.05, 0.1) is 0 Å². The topological polar surface area (TPSA) is 29.9 Å². The fourth-order valence-electron chi connectivity index (χ4n) is 0.910. The Morgan fingerprint density at radius 2 is 2.50 bits per heavy atom. The molecule has 0 atom stereocenters. The van der Waals surface area contributed by atoms with Gasteiger partial charge in [-0.1, -0.05) is 0 Å². The highest BCUT2D eigenvalue weighted by molar-refractivity contribution is 5.35. The largest absolute Gasteiger partial charge is 0.368 e. The maximum absolute atomic E-state index is 5.11. The smallest absolute Gasteiger partial charge is 0.148 e. The lowest BCUT2D eigenvalue weighted by Gasteiger charge is -1.96. The Labute approximate surface area is 72.8 Å². The maximum atomic E-state index is 5.11. The quantitative estimate of drug-likeness (QED) is 0.535. The van der Waals surface area contributed by atoms with E-state index in [1.807, 2.05) is 24.7 Å². The van der Waals surface area contributed by atoms with Crippen LogP contribution in [-0.4, -0.2) is 16.3 Å². The number of aromatic nitrogens is 2. The second kappa shape index (κ2) is 3.82. The zero-order valence-corrected chi connectivity index (χ0v) is 7.46. The van der Waals surface area contributed by atoms with E-state index in [2.05, 4.69) is 16.3 Å². The van der Waals surface area contributed by atoms with Crippen molar-refractivity contribution in [1.82, 2.24) is 9.78 Å². The number of aryl methyl sites for hydroxylation is 2. The summed E-state index contributed by atoms with van der Waals surface area (Å²) in [5.74, 6) is 3.46. The molecule has 1 heterocycles. The summed E-state index contributed by atoms with van der Waals surface area (Å²) < 4.78 is 1.83. The molecule has 0 aromatic carbocycles. The number of rotatable bonds is 3. The summed E-state index contributed by atoms with van der Waals surface area (Å²) in [7, 11) is 1.92. The molecule has 0 aliphatic heterocycles. The Hall–Kier alpha value is -1.43. The van der Waals surface area contributed by atoms with E-state index >= 15 is 0 Å². The highest BCUT2D eigenvalue weighted by Crippen LogP contribution is 2.05. The van der Waals surface area contributed by atoms with Gasteiger partial charge in [-0.25, -0.2) is 0 Å². The summed E-state index contributed by atoms with van der Waals surface area (Å²) >= 11 is 0. The SMILES string of the molecule is C#CCCNc1cc(C)n(C)n1. The van der Waals surface area contributed by atoms with Crippen molar-refractivity contribution in [2.45, 2.75) is 13.3 Å². The van der Waals surface area contributed by atoms with E-state index in [0.717, 1.165) is 24.5 Å². The molecule has 0 unspecified atom stereocenters. The number of nitrogens with zero attached hydrogens (tertiary/aromatic N) is 2. The number of hydrogen-bond donors (Lipinski definition) is 1. The molecule has 0 saturated heterocycles. The Balaban J connectivity index is 2.48. The van der Waals surface area contributed by atoms with Crippen LogP contribution in [0.15, 0.2) is 6.07 Å². The molecule has 64 valence electrons. The van der Waals surface area contributed by atoms with Crippen molar-refractivity contribution in [2.24, 2.45) is 7.05 Å². The molecular weight excluding hydrogens is 150 g/mol. The molecule has 0 radical (unpaired) electrons. The van der Waals surface area contributed by atoms with Crippen LogP contribution in [-0.2, 0) is 7.05 Å². The van der Waals surface area contributed by atoms with Gasteiger partial charge in [-0.15, -0.1) is 12.3 Å². The molecule has 1 aromatic heterocycles. The van der Waals surface area contributed by atoms with E-state index < -0.39 is 0 Å². The molecule has 12 heavy (non-hydrogen) atoms. The second-order valence-electron chi connectivity index (χ2n) is 2.68. The Morgan fingerprint density at radius 1 is 1.75 bits per heavy atom. The molecule has 0 aliphatic carbocycles. The van der Waals surface area contributed by atoms with Crippen LogP contribution in [0.5, 0.6) is 0 Å². The Bertz CT molecular complexity index is 274. The minimum Gasteiger partial charge on any atom is -0.368 e. The highest BCUT2D eigenvalue weighted by atomic mass is 15.3. The minimum absolute atomic E-state index is 0.732. The molecule has 0 fully saturated rings. The van der Waals surface area contributed by atoms with Crippen LogP contribution < -0.4 is 5.32 Å². The Kier molecular flexibility index (Phi) is 2.76. The molecule has 1 rings (SSSR count). The third-order valence-electron chi connectivity index (χ3n) is 1.69. The lowest BCUT2D eigenvalue weighted by Crippen LogP contribution is -2.01. The van der Waals surface area contributed by atoms with Gasteiger partial charge in [-0.05, 0) is 6.92 Å². The Morgan fingerprint density at radius 3 is 3.00 bits per heavy atom. The van der Waals surface area contributed by atoms with Crippen molar-refractivity contribution in [3.8, 4) is 12.3 Å². The van der Waals surface area contributed by atoms with E-state index in [-0.39, 0.29) is 0 Å². The van der Waals surface area contributed by atoms with Crippen LogP contribution in [0.1, 0.15) is 12.1 Å². The number of terminal acetylenes is 1. The van der Waals surface area contributed by atoms with Gasteiger partial charge >= 0.3 is 0 Å². The lowest BCUT2D eigenvalue weighted by atomic mass is 10.4. The predicted octanol–water partition coefficient (Wildman–Crippen LogP) is 1.16. The fraction of sp³-hybridized carbons (Fsp3) is 0.444. The first kappa shape index (κ1) is 8.66. The number of hydrogen-bond acceptors (Lipinski definition) is 2. The molecule has 0 spiro atoms. The molecule has 0 aliphatic rings. The van der Waals surface area contributed by atoms with Crippen LogP contribution >= 0.6 is 0 Å². The summed E-state index contributed by atoms with van der Waals surface area (Å²) in [6, 6.07) is 2.00. The summed E-state index contributed by atoms with van der Waals surface area (Å²) in [6.45, 7) is 2.80. The standard InChI is InChI=1S/C9H13N3/c1-4-5-6-10-9-7-8(2)12(3)11-9/h1,7H,5-6H2,2-3H3,(H,10,11). The van der Waals surface area contributed by atoms with Crippen molar-refractivity contribution in [3.05, 3.63) is 11.8 Å². The molecule has 0 amide bonds.